The highest BCUT2D eigenvalue weighted by atomic mass is 16.7. The molecule has 0 fully saturated rings. The maximum absolute atomic E-state index is 12.2. The van der Waals surface area contributed by atoms with E-state index in [0.29, 0.717) is 23.7 Å². The predicted octanol–water partition coefficient (Wildman–Crippen LogP) is 10.9. The average Bonchev–Trinajstić information content (AvgIpc) is 2.99. The molecule has 0 unspecified atom stereocenters. The zero-order valence-electron chi connectivity index (χ0n) is 31.1. The van der Waals surface area contributed by atoms with Crippen molar-refractivity contribution < 1.29 is 38.1 Å². The summed E-state index contributed by atoms with van der Waals surface area (Å²) in [5.41, 5.74) is -1.84. The van der Waals surface area contributed by atoms with E-state index in [2.05, 4.69) is 0 Å². The zero-order chi connectivity index (χ0) is 36.8. The number of ether oxygens (including phenoxy) is 5. The summed E-state index contributed by atoms with van der Waals surface area (Å²) in [5.74, 6) is 1.83. The van der Waals surface area contributed by atoms with Crippen LogP contribution in [0.2, 0.25) is 0 Å². The number of hydrogen-bond donors (Lipinski definition) is 0. The molecule has 0 radical (unpaired) electrons. The fraction of sp³-hybridized carbons (Fsp3) is 0.439. The Labute approximate surface area is 291 Å². The van der Waals surface area contributed by atoms with Crippen molar-refractivity contribution in [2.45, 2.75) is 107 Å². The molecule has 8 nitrogen and oxygen atoms in total. The van der Waals surface area contributed by atoms with Gasteiger partial charge >= 0.3 is 18.1 Å². The molecule has 0 saturated carbocycles. The smallest absolute Gasteiger partial charge is 0.488 e. The molecule has 8 heteroatoms. The molecule has 0 N–H and O–H groups in total. The van der Waals surface area contributed by atoms with Gasteiger partial charge in [0.1, 0.15) is 34.2 Å². The first-order valence-electron chi connectivity index (χ1n) is 16.7. The van der Waals surface area contributed by atoms with Gasteiger partial charge in [-0.1, -0.05) is 38.1 Å². The Kier molecular flexibility index (Phi) is 12.1. The molecule has 49 heavy (non-hydrogen) atoms. The molecular weight excluding hydrogens is 620 g/mol. The van der Waals surface area contributed by atoms with Gasteiger partial charge in [-0.2, -0.15) is 0 Å². The molecule has 0 spiro atoms. The normalized spacial score (nSPS) is 12.1. The summed E-state index contributed by atoms with van der Waals surface area (Å²) in [7, 11) is 0. The summed E-state index contributed by atoms with van der Waals surface area (Å²) in [5, 5.41) is 3.81. The maximum Gasteiger partial charge on any atom is 0.514 e. The van der Waals surface area contributed by atoms with Crippen LogP contribution in [-0.2, 0) is 14.3 Å². The third-order valence-electron chi connectivity index (χ3n) is 7.88. The summed E-state index contributed by atoms with van der Waals surface area (Å²) in [4.78, 5) is 36.1. The Morgan fingerprint density at radius 2 is 0.796 bits per heavy atom. The van der Waals surface area contributed by atoms with Crippen molar-refractivity contribution in [3.05, 3.63) is 72.8 Å². The minimum atomic E-state index is -0.746. The Morgan fingerprint density at radius 1 is 0.469 bits per heavy atom. The number of fused-ring (bicyclic) bond motifs is 2. The topological polar surface area (TPSA) is 97.4 Å². The van der Waals surface area contributed by atoms with Crippen LogP contribution in [0.3, 0.4) is 0 Å². The van der Waals surface area contributed by atoms with E-state index in [1.807, 2.05) is 105 Å². The van der Waals surface area contributed by atoms with Gasteiger partial charge < -0.3 is 23.7 Å². The molecule has 4 aromatic carbocycles. The van der Waals surface area contributed by atoms with Crippen LogP contribution in [0, 0.1) is 10.8 Å². The SMILES string of the molecule is CCC(C)(C)C(=O)Oc1ccc2cc(OC(=O)OC(C)(C)C)ccc2c1.CCC(C)(C)C(=O)Oc1ccc2cc(OC(C)(C)C)ccc2c1. The van der Waals surface area contributed by atoms with Crippen LogP contribution in [-0.4, -0.2) is 29.3 Å². The summed E-state index contributed by atoms with van der Waals surface area (Å²) < 4.78 is 27.2. The molecule has 0 atom stereocenters. The molecule has 4 aromatic rings. The van der Waals surface area contributed by atoms with Crippen molar-refractivity contribution in [1.29, 1.82) is 0 Å². The molecule has 0 aliphatic heterocycles. The second-order valence-electron chi connectivity index (χ2n) is 15.4. The molecule has 0 aliphatic carbocycles. The summed E-state index contributed by atoms with van der Waals surface area (Å²) in [6.07, 6.45) is 0.696. The minimum absolute atomic E-state index is 0.202. The Balaban J connectivity index is 0.000000267. The number of carbonyl (C=O) groups is 3. The highest BCUT2D eigenvalue weighted by Gasteiger charge is 2.28. The fourth-order valence-corrected chi connectivity index (χ4v) is 4.16. The third kappa shape index (κ3) is 11.8. The van der Waals surface area contributed by atoms with Gasteiger partial charge in [-0.05, 0) is 152 Å². The van der Waals surface area contributed by atoms with Crippen LogP contribution in [0.1, 0.15) is 95.9 Å². The minimum Gasteiger partial charge on any atom is -0.488 e. The second kappa shape index (κ2) is 15.3. The van der Waals surface area contributed by atoms with Crippen LogP contribution in [0.5, 0.6) is 23.0 Å². The highest BCUT2D eigenvalue weighted by molar-refractivity contribution is 5.88. The fourth-order valence-electron chi connectivity index (χ4n) is 4.16. The number of esters is 2. The molecule has 0 aliphatic rings. The average molecular weight is 673 g/mol. The number of carbonyl (C=O) groups excluding carboxylic acids is 3. The summed E-state index contributed by atoms with van der Waals surface area (Å²) in [6, 6.07) is 22.1. The largest absolute Gasteiger partial charge is 0.514 e. The van der Waals surface area contributed by atoms with Crippen molar-refractivity contribution in [1.82, 2.24) is 0 Å². The van der Waals surface area contributed by atoms with Crippen molar-refractivity contribution in [3.8, 4) is 23.0 Å². The highest BCUT2D eigenvalue weighted by Crippen LogP contribution is 2.30. The Bertz CT molecular complexity index is 1790. The van der Waals surface area contributed by atoms with Gasteiger partial charge in [0.15, 0.2) is 0 Å². The van der Waals surface area contributed by atoms with E-state index in [1.54, 1.807) is 51.1 Å². The zero-order valence-corrected chi connectivity index (χ0v) is 31.1. The van der Waals surface area contributed by atoms with Crippen LogP contribution >= 0.6 is 0 Å². The number of rotatable bonds is 8. The molecule has 0 amide bonds. The van der Waals surface area contributed by atoms with Crippen LogP contribution in [0.15, 0.2) is 72.8 Å². The van der Waals surface area contributed by atoms with Crippen molar-refractivity contribution in [2.24, 2.45) is 10.8 Å². The molecular formula is C41H52O8. The molecule has 4 rings (SSSR count). The van der Waals surface area contributed by atoms with Crippen molar-refractivity contribution >= 4 is 39.6 Å². The van der Waals surface area contributed by atoms with Gasteiger partial charge in [0, 0.05) is 0 Å². The van der Waals surface area contributed by atoms with E-state index < -0.39 is 22.6 Å². The van der Waals surface area contributed by atoms with Gasteiger partial charge in [-0.25, -0.2) is 4.79 Å². The van der Waals surface area contributed by atoms with Gasteiger partial charge in [-0.3, -0.25) is 9.59 Å². The molecule has 0 saturated heterocycles. The third-order valence-corrected chi connectivity index (χ3v) is 7.88. The predicted molar refractivity (Wildman–Crippen MR) is 195 cm³/mol. The van der Waals surface area contributed by atoms with Crippen molar-refractivity contribution in [2.75, 3.05) is 0 Å². The first-order chi connectivity index (χ1) is 22.6. The first-order valence-corrected chi connectivity index (χ1v) is 16.7. The monoisotopic (exact) mass is 672 g/mol. The van der Waals surface area contributed by atoms with Crippen LogP contribution in [0.25, 0.3) is 21.5 Å². The Hall–Kier alpha value is -4.59. The summed E-state index contributed by atoms with van der Waals surface area (Å²) >= 11 is 0. The maximum atomic E-state index is 12.2. The lowest BCUT2D eigenvalue weighted by molar-refractivity contribution is -0.144. The van der Waals surface area contributed by atoms with Crippen molar-refractivity contribution in [3.63, 3.8) is 0 Å². The van der Waals surface area contributed by atoms with E-state index in [4.69, 9.17) is 23.7 Å². The summed E-state index contributed by atoms with van der Waals surface area (Å²) in [6.45, 7) is 22.8. The standard InChI is InChI=1S/C21H26O5.C20H26O3/c1-7-21(5,6)18(22)24-16-10-8-15-13-17(11-9-14(15)12-16)25-19(23)26-20(2,3)4;1-7-20(5,6)18(21)22-16-10-8-15-13-17(23-19(2,3)4)11-9-14(15)12-16/h8-13H,7H2,1-6H3;8-13H,7H2,1-6H3. The lowest BCUT2D eigenvalue weighted by Crippen LogP contribution is -2.28. The van der Waals surface area contributed by atoms with E-state index in [-0.39, 0.29) is 17.5 Å². The number of hydrogen-bond acceptors (Lipinski definition) is 8. The van der Waals surface area contributed by atoms with Gasteiger partial charge in [0.25, 0.3) is 0 Å². The van der Waals surface area contributed by atoms with Gasteiger partial charge in [-0.15, -0.1) is 0 Å². The quantitative estimate of drug-likeness (QED) is 0.104. The Morgan fingerprint density at radius 3 is 1.12 bits per heavy atom. The van der Waals surface area contributed by atoms with E-state index in [0.717, 1.165) is 33.7 Å². The molecule has 0 heterocycles. The molecule has 0 aromatic heterocycles. The van der Waals surface area contributed by atoms with Crippen LogP contribution < -0.4 is 18.9 Å². The number of benzene rings is 4. The molecule has 0 bridgehead atoms. The lowest BCUT2D eigenvalue weighted by atomic mass is 9.91. The van der Waals surface area contributed by atoms with E-state index in [9.17, 15) is 14.4 Å². The molecule has 264 valence electrons. The van der Waals surface area contributed by atoms with Crippen LogP contribution in [0.4, 0.5) is 4.79 Å². The van der Waals surface area contributed by atoms with Gasteiger partial charge in [0.2, 0.25) is 0 Å². The first kappa shape index (κ1) is 38.9. The second-order valence-corrected chi connectivity index (χ2v) is 15.4. The van der Waals surface area contributed by atoms with E-state index >= 15 is 0 Å². The van der Waals surface area contributed by atoms with E-state index in [1.165, 1.54) is 0 Å². The lowest BCUT2D eigenvalue weighted by Gasteiger charge is -2.21. The van der Waals surface area contributed by atoms with Gasteiger partial charge in [0.05, 0.1) is 10.8 Å².